The molecule has 1 radical (unpaired) electrons. The Morgan fingerprint density at radius 2 is 2.12 bits per heavy atom. The van der Waals surface area contributed by atoms with Crippen molar-refractivity contribution < 1.29 is 5.11 Å². The molecule has 0 aromatic heterocycles. The topological polar surface area (TPSA) is 19.9 Å². The first kappa shape index (κ1) is 7.70. The van der Waals surface area contributed by atoms with Gasteiger partial charge in [-0.3, -0.25) is 0 Å². The van der Waals surface area contributed by atoms with Crippen molar-refractivity contribution in [3.63, 3.8) is 0 Å². The van der Waals surface area contributed by atoms with Crippen LogP contribution in [0.25, 0.3) is 0 Å². The maximum absolute atomic E-state index is 10.8. The second kappa shape index (κ2) is 2.88. The minimum Gasteiger partial charge on any atom is -0.230 e. The van der Waals surface area contributed by atoms with E-state index in [0.717, 1.165) is 6.42 Å². The number of rotatable bonds is 3. The van der Waals surface area contributed by atoms with Crippen molar-refractivity contribution in [1.82, 2.24) is 0 Å². The van der Waals surface area contributed by atoms with E-state index in [2.05, 4.69) is 6.58 Å². The minimum absolute atomic E-state index is 0.691. The second-order valence-electron chi connectivity index (χ2n) is 2.59. The Hall–Kier alpha value is -0.300. The van der Waals surface area contributed by atoms with Crippen LogP contribution in [-0.2, 0) is 5.11 Å². The maximum atomic E-state index is 10.8. The van der Waals surface area contributed by atoms with Gasteiger partial charge in [0.05, 0.1) is 5.60 Å². The van der Waals surface area contributed by atoms with Gasteiger partial charge in [0.25, 0.3) is 0 Å². The maximum Gasteiger partial charge on any atom is 0.0983 e. The molecule has 0 heterocycles. The molecule has 0 saturated heterocycles. The molecule has 0 fully saturated rings. The first-order valence-corrected chi connectivity index (χ1v) is 2.87. The predicted octanol–water partition coefficient (Wildman–Crippen LogP) is 2.16. The van der Waals surface area contributed by atoms with Crippen molar-refractivity contribution >= 4 is 0 Å². The first-order chi connectivity index (χ1) is 3.56. The number of allylic oxidation sites excluding steroid dienone is 1. The van der Waals surface area contributed by atoms with Gasteiger partial charge >= 0.3 is 0 Å². The van der Waals surface area contributed by atoms with E-state index in [1.54, 1.807) is 19.9 Å². The molecule has 0 rings (SSSR count). The summed E-state index contributed by atoms with van der Waals surface area (Å²) in [6, 6.07) is 0. The average Bonchev–Trinajstić information content (AvgIpc) is 1.59. The molecule has 0 amide bonds. The zero-order valence-corrected chi connectivity index (χ0v) is 5.61. The molecule has 0 aliphatic heterocycles. The summed E-state index contributed by atoms with van der Waals surface area (Å²) in [5.41, 5.74) is -0.770. The molecular formula is C7H13O. The van der Waals surface area contributed by atoms with Crippen LogP contribution in [-0.4, -0.2) is 5.60 Å². The fourth-order valence-corrected chi connectivity index (χ4v) is 0.450. The van der Waals surface area contributed by atoms with Crippen LogP contribution in [0.15, 0.2) is 12.7 Å². The molecule has 1 nitrogen and oxygen atoms in total. The van der Waals surface area contributed by atoms with Gasteiger partial charge in [0, 0.05) is 0 Å². The lowest BCUT2D eigenvalue weighted by molar-refractivity contribution is -0.00218. The molecule has 8 heavy (non-hydrogen) atoms. The van der Waals surface area contributed by atoms with E-state index in [0.29, 0.717) is 6.42 Å². The summed E-state index contributed by atoms with van der Waals surface area (Å²) in [5, 5.41) is 10.8. The van der Waals surface area contributed by atoms with Gasteiger partial charge < -0.3 is 0 Å². The molecule has 0 aromatic carbocycles. The zero-order chi connectivity index (χ0) is 6.62. The molecule has 0 unspecified atom stereocenters. The summed E-state index contributed by atoms with van der Waals surface area (Å²) in [4.78, 5) is 0. The molecule has 47 valence electrons. The van der Waals surface area contributed by atoms with E-state index in [1.165, 1.54) is 0 Å². The van der Waals surface area contributed by atoms with Crippen LogP contribution >= 0.6 is 0 Å². The molecule has 0 atom stereocenters. The van der Waals surface area contributed by atoms with Gasteiger partial charge in [0.2, 0.25) is 0 Å². The molecule has 0 aliphatic rings. The Kier molecular flexibility index (Phi) is 2.77. The van der Waals surface area contributed by atoms with E-state index in [9.17, 15) is 5.11 Å². The van der Waals surface area contributed by atoms with E-state index < -0.39 is 5.60 Å². The van der Waals surface area contributed by atoms with Crippen molar-refractivity contribution in [2.24, 2.45) is 0 Å². The first-order valence-electron chi connectivity index (χ1n) is 2.87. The third kappa shape index (κ3) is 5.70. The summed E-state index contributed by atoms with van der Waals surface area (Å²) in [7, 11) is 0. The van der Waals surface area contributed by atoms with Gasteiger partial charge in [0.15, 0.2) is 0 Å². The summed E-state index contributed by atoms with van der Waals surface area (Å²) >= 11 is 0. The highest BCUT2D eigenvalue weighted by Crippen LogP contribution is 2.10. The SMILES string of the molecule is C=CCCC(C)(C)[O]. The van der Waals surface area contributed by atoms with Gasteiger partial charge in [-0.25, -0.2) is 5.11 Å². The van der Waals surface area contributed by atoms with Crippen molar-refractivity contribution in [2.75, 3.05) is 0 Å². The smallest absolute Gasteiger partial charge is 0.0983 e. The van der Waals surface area contributed by atoms with Crippen molar-refractivity contribution in [3.05, 3.63) is 12.7 Å². The summed E-state index contributed by atoms with van der Waals surface area (Å²) < 4.78 is 0. The molecule has 0 saturated carbocycles. The predicted molar refractivity (Wildman–Crippen MR) is 34.2 cm³/mol. The Bertz CT molecular complexity index is 68.9. The van der Waals surface area contributed by atoms with Gasteiger partial charge in [-0.2, -0.15) is 0 Å². The highest BCUT2D eigenvalue weighted by atomic mass is 16.3. The highest BCUT2D eigenvalue weighted by molar-refractivity contribution is 4.73. The van der Waals surface area contributed by atoms with Crippen LogP contribution < -0.4 is 0 Å². The molecule has 0 aliphatic carbocycles. The Morgan fingerprint density at radius 1 is 1.62 bits per heavy atom. The Morgan fingerprint density at radius 3 is 2.25 bits per heavy atom. The van der Waals surface area contributed by atoms with Crippen LogP contribution in [0.5, 0.6) is 0 Å². The third-order valence-electron chi connectivity index (χ3n) is 0.951. The normalized spacial score (nSPS) is 11.4. The van der Waals surface area contributed by atoms with Crippen LogP contribution in [0.4, 0.5) is 0 Å². The van der Waals surface area contributed by atoms with Crippen molar-refractivity contribution in [2.45, 2.75) is 32.3 Å². The summed E-state index contributed by atoms with van der Waals surface area (Å²) in [5.74, 6) is 0. The van der Waals surface area contributed by atoms with E-state index >= 15 is 0 Å². The lowest BCUT2D eigenvalue weighted by Crippen LogP contribution is -2.15. The zero-order valence-electron chi connectivity index (χ0n) is 5.61. The minimum atomic E-state index is -0.770. The largest absolute Gasteiger partial charge is 0.230 e. The summed E-state index contributed by atoms with van der Waals surface area (Å²) in [6.07, 6.45) is 3.30. The van der Waals surface area contributed by atoms with Crippen LogP contribution in [0.3, 0.4) is 0 Å². The van der Waals surface area contributed by atoms with Crippen molar-refractivity contribution in [1.29, 1.82) is 0 Å². The lowest BCUT2D eigenvalue weighted by Gasteiger charge is -2.10. The van der Waals surface area contributed by atoms with Crippen molar-refractivity contribution in [3.8, 4) is 0 Å². The van der Waals surface area contributed by atoms with E-state index in [4.69, 9.17) is 0 Å². The molecule has 0 spiro atoms. The van der Waals surface area contributed by atoms with Gasteiger partial charge in [-0.15, -0.1) is 6.58 Å². The van der Waals surface area contributed by atoms with Gasteiger partial charge in [-0.1, -0.05) is 6.08 Å². The van der Waals surface area contributed by atoms with E-state index in [-0.39, 0.29) is 0 Å². The number of hydrogen-bond acceptors (Lipinski definition) is 0. The Balaban J connectivity index is 3.24. The lowest BCUT2D eigenvalue weighted by atomic mass is 10.0. The fourth-order valence-electron chi connectivity index (χ4n) is 0.450. The monoisotopic (exact) mass is 113 g/mol. The Labute approximate surface area is 51.0 Å². The van der Waals surface area contributed by atoms with Crippen LogP contribution in [0.2, 0.25) is 0 Å². The number of hydrogen-bond donors (Lipinski definition) is 0. The molecule has 1 heteroatoms. The second-order valence-corrected chi connectivity index (χ2v) is 2.59. The van der Waals surface area contributed by atoms with Crippen LogP contribution in [0.1, 0.15) is 26.7 Å². The quantitative estimate of drug-likeness (QED) is 0.500. The third-order valence-corrected chi connectivity index (χ3v) is 0.951. The standard InChI is InChI=1S/C7H13O/c1-4-5-6-7(2,3)8/h4H,1,5-6H2,2-3H3. The molecule has 0 aromatic rings. The van der Waals surface area contributed by atoms with E-state index in [1.807, 2.05) is 0 Å². The molecule has 0 bridgehead atoms. The fraction of sp³-hybridized carbons (Fsp3) is 0.714. The summed E-state index contributed by atoms with van der Waals surface area (Å²) in [6.45, 7) is 6.91. The molecular weight excluding hydrogens is 100 g/mol. The molecule has 0 N–H and O–H groups in total. The van der Waals surface area contributed by atoms with Gasteiger partial charge in [-0.05, 0) is 26.7 Å². The van der Waals surface area contributed by atoms with Crippen LogP contribution in [0, 0.1) is 0 Å². The average molecular weight is 113 g/mol. The van der Waals surface area contributed by atoms with Gasteiger partial charge in [0.1, 0.15) is 0 Å². The highest BCUT2D eigenvalue weighted by Gasteiger charge is 2.12.